The fraction of sp³-hybridized carbons (Fsp3) is 0.118. The predicted octanol–water partition coefficient (Wildman–Crippen LogP) is 3.75. The van der Waals surface area contributed by atoms with Crippen molar-refractivity contribution < 1.29 is 4.79 Å². The van der Waals surface area contributed by atoms with Crippen LogP contribution >= 0.6 is 0 Å². The number of nitrogens with zero attached hydrogens (tertiary/aromatic N) is 1. The molecule has 0 bridgehead atoms. The summed E-state index contributed by atoms with van der Waals surface area (Å²) >= 11 is 0. The molecule has 0 saturated carbocycles. The number of carbonyl (C=O) groups is 1. The smallest absolute Gasteiger partial charge is 0.250 e. The van der Waals surface area contributed by atoms with Gasteiger partial charge in [0.1, 0.15) is 0 Å². The van der Waals surface area contributed by atoms with E-state index in [1.807, 2.05) is 67.6 Å². The summed E-state index contributed by atoms with van der Waals surface area (Å²) < 4.78 is 0. The minimum absolute atomic E-state index is 0.0208. The number of rotatable bonds is 3. The van der Waals surface area contributed by atoms with Crippen LogP contribution in [-0.2, 0) is 4.79 Å². The van der Waals surface area contributed by atoms with Gasteiger partial charge in [0.15, 0.2) is 0 Å². The second kappa shape index (κ2) is 6.01. The Labute approximate surface area is 114 Å². The minimum atomic E-state index is -0.0208. The summed E-state index contributed by atoms with van der Waals surface area (Å²) in [6.07, 6.45) is 1.67. The van der Waals surface area contributed by atoms with E-state index < -0.39 is 0 Å². The van der Waals surface area contributed by atoms with Crippen molar-refractivity contribution in [1.29, 1.82) is 0 Å². The molecule has 19 heavy (non-hydrogen) atoms. The highest BCUT2D eigenvalue weighted by Crippen LogP contribution is 2.16. The molecule has 2 aromatic rings. The van der Waals surface area contributed by atoms with Crippen LogP contribution in [0.25, 0.3) is 5.57 Å². The molecular weight excluding hydrogens is 234 g/mol. The molecule has 1 amide bonds. The van der Waals surface area contributed by atoms with E-state index in [0.29, 0.717) is 0 Å². The molecule has 0 atom stereocenters. The van der Waals surface area contributed by atoms with E-state index >= 15 is 0 Å². The van der Waals surface area contributed by atoms with Gasteiger partial charge < -0.3 is 4.90 Å². The molecule has 2 heteroatoms. The van der Waals surface area contributed by atoms with Crippen LogP contribution in [0.15, 0.2) is 66.7 Å². The van der Waals surface area contributed by atoms with Crippen molar-refractivity contribution in [2.45, 2.75) is 6.92 Å². The van der Waals surface area contributed by atoms with Gasteiger partial charge in [0.25, 0.3) is 5.91 Å². The molecule has 2 aromatic carbocycles. The predicted molar refractivity (Wildman–Crippen MR) is 79.9 cm³/mol. The molecule has 96 valence electrons. The van der Waals surface area contributed by atoms with Crippen LogP contribution in [0, 0.1) is 0 Å². The molecule has 2 nitrogen and oxygen atoms in total. The maximum atomic E-state index is 12.2. The molecule has 0 saturated heterocycles. The van der Waals surface area contributed by atoms with Crippen molar-refractivity contribution >= 4 is 17.2 Å². The molecule has 0 aromatic heterocycles. The number of para-hydroxylation sites is 1. The van der Waals surface area contributed by atoms with Gasteiger partial charge in [-0.15, -0.1) is 0 Å². The van der Waals surface area contributed by atoms with E-state index in [-0.39, 0.29) is 5.91 Å². The summed E-state index contributed by atoms with van der Waals surface area (Å²) in [6.45, 7) is 1.95. The summed E-state index contributed by atoms with van der Waals surface area (Å²) in [5.41, 5.74) is 2.93. The Morgan fingerprint density at radius 2 is 1.47 bits per heavy atom. The van der Waals surface area contributed by atoms with Crippen LogP contribution in [0.3, 0.4) is 0 Å². The lowest BCUT2D eigenvalue weighted by Crippen LogP contribution is -2.24. The van der Waals surface area contributed by atoms with Gasteiger partial charge in [-0.25, -0.2) is 0 Å². The molecule has 0 heterocycles. The minimum Gasteiger partial charge on any atom is -0.312 e. The lowest BCUT2D eigenvalue weighted by molar-refractivity contribution is -0.113. The third kappa shape index (κ3) is 3.32. The van der Waals surface area contributed by atoms with Crippen molar-refractivity contribution in [3.05, 3.63) is 72.3 Å². The van der Waals surface area contributed by atoms with Crippen LogP contribution in [0.5, 0.6) is 0 Å². The first-order valence-electron chi connectivity index (χ1n) is 6.25. The zero-order valence-electron chi connectivity index (χ0n) is 11.2. The molecule has 0 aliphatic heterocycles. The van der Waals surface area contributed by atoms with Crippen molar-refractivity contribution in [2.24, 2.45) is 0 Å². The molecule has 0 radical (unpaired) electrons. The van der Waals surface area contributed by atoms with Gasteiger partial charge in [-0.3, -0.25) is 4.79 Å². The van der Waals surface area contributed by atoms with Gasteiger partial charge in [-0.05, 0) is 30.2 Å². The fourth-order valence-electron chi connectivity index (χ4n) is 1.85. The summed E-state index contributed by atoms with van der Waals surface area (Å²) in [4.78, 5) is 13.8. The summed E-state index contributed by atoms with van der Waals surface area (Å²) in [5.74, 6) is -0.0208. The third-order valence-corrected chi connectivity index (χ3v) is 3.04. The standard InChI is InChI=1S/C17H17NO/c1-14(15-9-5-3-6-10-15)13-17(19)18(2)16-11-7-4-8-12-16/h3-13H,1-2H3/b14-13+. The quantitative estimate of drug-likeness (QED) is 0.761. The van der Waals surface area contributed by atoms with Gasteiger partial charge in [-0.2, -0.15) is 0 Å². The number of anilines is 1. The van der Waals surface area contributed by atoms with Crippen molar-refractivity contribution in [1.82, 2.24) is 0 Å². The largest absolute Gasteiger partial charge is 0.312 e. The van der Waals surface area contributed by atoms with Crippen molar-refractivity contribution in [3.63, 3.8) is 0 Å². The topological polar surface area (TPSA) is 20.3 Å². The number of allylic oxidation sites excluding steroid dienone is 1. The van der Waals surface area contributed by atoms with E-state index in [1.54, 1.807) is 18.0 Å². The number of hydrogen-bond donors (Lipinski definition) is 0. The van der Waals surface area contributed by atoms with Gasteiger partial charge in [0.2, 0.25) is 0 Å². The molecular formula is C17H17NO. The van der Waals surface area contributed by atoms with E-state index in [4.69, 9.17) is 0 Å². The normalized spacial score (nSPS) is 11.2. The third-order valence-electron chi connectivity index (χ3n) is 3.04. The molecule has 0 spiro atoms. The number of carbonyl (C=O) groups excluding carboxylic acids is 1. The number of benzene rings is 2. The Kier molecular flexibility index (Phi) is 4.14. The molecule has 0 unspecified atom stereocenters. The van der Waals surface area contributed by atoms with Gasteiger partial charge in [0.05, 0.1) is 0 Å². The monoisotopic (exact) mass is 251 g/mol. The zero-order chi connectivity index (χ0) is 13.7. The maximum absolute atomic E-state index is 12.2. The highest BCUT2D eigenvalue weighted by molar-refractivity contribution is 6.05. The van der Waals surface area contributed by atoms with E-state index in [0.717, 1.165) is 16.8 Å². The Morgan fingerprint density at radius 3 is 2.05 bits per heavy atom. The Morgan fingerprint density at radius 1 is 0.947 bits per heavy atom. The first kappa shape index (κ1) is 13.1. The van der Waals surface area contributed by atoms with Crippen LogP contribution in [0.2, 0.25) is 0 Å². The van der Waals surface area contributed by atoms with E-state index in [1.165, 1.54) is 0 Å². The first-order valence-corrected chi connectivity index (χ1v) is 6.25. The molecule has 2 rings (SSSR count). The van der Waals surface area contributed by atoms with Crippen molar-refractivity contribution in [2.75, 3.05) is 11.9 Å². The summed E-state index contributed by atoms with van der Waals surface area (Å²) in [5, 5.41) is 0. The first-order chi connectivity index (χ1) is 9.18. The Bertz CT molecular complexity index is 573. The number of hydrogen-bond acceptors (Lipinski definition) is 1. The average molecular weight is 251 g/mol. The van der Waals surface area contributed by atoms with Gasteiger partial charge in [0, 0.05) is 18.8 Å². The van der Waals surface area contributed by atoms with Gasteiger partial charge >= 0.3 is 0 Å². The van der Waals surface area contributed by atoms with Crippen LogP contribution in [-0.4, -0.2) is 13.0 Å². The molecule has 0 aliphatic rings. The lowest BCUT2D eigenvalue weighted by atomic mass is 10.1. The van der Waals surface area contributed by atoms with Crippen molar-refractivity contribution in [3.8, 4) is 0 Å². The Balaban J connectivity index is 2.17. The summed E-state index contributed by atoms with van der Waals surface area (Å²) in [6, 6.07) is 19.5. The highest BCUT2D eigenvalue weighted by Gasteiger charge is 2.08. The average Bonchev–Trinajstić information content (AvgIpc) is 2.48. The molecule has 0 fully saturated rings. The second-order valence-corrected chi connectivity index (χ2v) is 4.43. The fourth-order valence-corrected chi connectivity index (χ4v) is 1.85. The lowest BCUT2D eigenvalue weighted by Gasteiger charge is -2.15. The SMILES string of the molecule is C/C(=C\C(=O)N(C)c1ccccc1)c1ccccc1. The van der Waals surface area contributed by atoms with Gasteiger partial charge in [-0.1, -0.05) is 48.5 Å². The Hall–Kier alpha value is -2.35. The van der Waals surface area contributed by atoms with E-state index in [2.05, 4.69) is 0 Å². The number of likely N-dealkylation sites (N-methyl/N-ethyl adjacent to an activating group) is 1. The summed E-state index contributed by atoms with van der Waals surface area (Å²) in [7, 11) is 1.78. The second-order valence-electron chi connectivity index (χ2n) is 4.43. The maximum Gasteiger partial charge on any atom is 0.250 e. The molecule has 0 aliphatic carbocycles. The van der Waals surface area contributed by atoms with Crippen LogP contribution < -0.4 is 4.90 Å². The van der Waals surface area contributed by atoms with Crippen LogP contribution in [0.4, 0.5) is 5.69 Å². The highest BCUT2D eigenvalue weighted by atomic mass is 16.2. The zero-order valence-corrected chi connectivity index (χ0v) is 11.2. The van der Waals surface area contributed by atoms with Crippen LogP contribution in [0.1, 0.15) is 12.5 Å². The number of amides is 1. The van der Waals surface area contributed by atoms with E-state index in [9.17, 15) is 4.79 Å². The molecule has 0 N–H and O–H groups in total.